The third-order valence-corrected chi connectivity index (χ3v) is 3.20. The SMILES string of the molecule is CCn1cc([CH]=[W])c2ccccc21. The Morgan fingerprint density at radius 3 is 2.85 bits per heavy atom. The van der Waals surface area contributed by atoms with Crippen molar-refractivity contribution in [1.29, 1.82) is 0 Å². The van der Waals surface area contributed by atoms with Crippen LogP contribution in [0.1, 0.15) is 12.5 Å². The number of fused-ring (bicyclic) bond motifs is 1. The molecule has 0 amide bonds. The maximum absolute atomic E-state index is 2.30. The molecule has 2 aromatic rings. The van der Waals surface area contributed by atoms with Gasteiger partial charge in [-0.3, -0.25) is 0 Å². The molecule has 0 saturated carbocycles. The summed E-state index contributed by atoms with van der Waals surface area (Å²) in [5.74, 6) is 0. The minimum atomic E-state index is 1.05. The van der Waals surface area contributed by atoms with E-state index in [1.807, 2.05) is 0 Å². The van der Waals surface area contributed by atoms with Crippen LogP contribution in [0.2, 0.25) is 0 Å². The predicted octanol–water partition coefficient (Wildman–Crippen LogP) is 2.36. The molecule has 0 fully saturated rings. The average Bonchev–Trinajstić information content (AvgIpc) is 2.56. The number of hydrogen-bond acceptors (Lipinski definition) is 0. The third kappa shape index (κ3) is 1.42. The Labute approximate surface area is 88.8 Å². The molecule has 2 rings (SSSR count). The molecule has 66 valence electrons. The monoisotopic (exact) mass is 341 g/mol. The molecule has 1 nitrogen and oxygen atoms in total. The van der Waals surface area contributed by atoms with Gasteiger partial charge in [0.1, 0.15) is 0 Å². The molecule has 1 heterocycles. The molecule has 0 radical (unpaired) electrons. The van der Waals surface area contributed by atoms with Crippen LogP contribution in [0.15, 0.2) is 30.5 Å². The number of aromatic nitrogens is 1. The molecular weight excluding hydrogens is 330 g/mol. The fourth-order valence-electron chi connectivity index (χ4n) is 1.63. The van der Waals surface area contributed by atoms with E-state index in [0.29, 0.717) is 0 Å². The summed E-state index contributed by atoms with van der Waals surface area (Å²) in [6.45, 7) is 3.22. The molecule has 13 heavy (non-hydrogen) atoms. The maximum atomic E-state index is 2.30. The van der Waals surface area contributed by atoms with E-state index in [1.165, 1.54) is 35.8 Å². The van der Waals surface area contributed by atoms with Crippen molar-refractivity contribution in [2.45, 2.75) is 13.5 Å². The molecule has 0 aliphatic rings. The minimum absolute atomic E-state index is 1.05. The van der Waals surface area contributed by atoms with Gasteiger partial charge < -0.3 is 0 Å². The van der Waals surface area contributed by atoms with Crippen LogP contribution >= 0.6 is 0 Å². The molecule has 1 aromatic heterocycles. The zero-order valence-electron chi connectivity index (χ0n) is 7.53. The molecular formula is C11H11NW. The summed E-state index contributed by atoms with van der Waals surface area (Å²) in [6.07, 6.45) is 2.23. The topological polar surface area (TPSA) is 4.93 Å². The summed E-state index contributed by atoms with van der Waals surface area (Å²) in [5, 5.41) is 1.37. The van der Waals surface area contributed by atoms with Crippen LogP contribution in [0.25, 0.3) is 10.9 Å². The Morgan fingerprint density at radius 2 is 2.15 bits per heavy atom. The molecule has 0 aliphatic carbocycles. The number of nitrogens with zero attached hydrogens (tertiary/aromatic N) is 1. The second kappa shape index (κ2) is 3.59. The van der Waals surface area contributed by atoms with Crippen molar-refractivity contribution in [1.82, 2.24) is 4.57 Å². The molecule has 0 saturated heterocycles. The summed E-state index contributed by atoms with van der Waals surface area (Å²) in [5.41, 5.74) is 2.71. The van der Waals surface area contributed by atoms with Gasteiger partial charge in [0, 0.05) is 0 Å². The normalized spacial score (nSPS) is 10.5. The number of aryl methyl sites for hydroxylation is 1. The van der Waals surface area contributed by atoms with E-state index in [-0.39, 0.29) is 0 Å². The van der Waals surface area contributed by atoms with Crippen molar-refractivity contribution in [3.05, 3.63) is 36.0 Å². The van der Waals surface area contributed by atoms with Crippen LogP contribution in [0.4, 0.5) is 0 Å². The molecule has 2 heteroatoms. The first-order valence-electron chi connectivity index (χ1n) is 4.40. The molecule has 0 N–H and O–H groups in total. The number of benzene rings is 1. The second-order valence-electron chi connectivity index (χ2n) is 3.01. The van der Waals surface area contributed by atoms with Crippen LogP contribution in [0, 0.1) is 0 Å². The second-order valence-corrected chi connectivity index (χ2v) is 3.85. The zero-order chi connectivity index (χ0) is 9.26. The van der Waals surface area contributed by atoms with Crippen molar-refractivity contribution in [3.8, 4) is 0 Å². The third-order valence-electron chi connectivity index (χ3n) is 2.29. The van der Waals surface area contributed by atoms with E-state index >= 15 is 0 Å². The van der Waals surface area contributed by atoms with Gasteiger partial charge in [-0.25, -0.2) is 0 Å². The summed E-state index contributed by atoms with van der Waals surface area (Å²) in [4.78, 5) is 0. The molecule has 0 atom stereocenters. The number of para-hydroxylation sites is 1. The summed E-state index contributed by atoms with van der Waals surface area (Å²) < 4.78 is 4.54. The Morgan fingerprint density at radius 1 is 1.38 bits per heavy atom. The first kappa shape index (κ1) is 8.90. The van der Waals surface area contributed by atoms with Crippen molar-refractivity contribution < 1.29 is 19.4 Å². The van der Waals surface area contributed by atoms with Gasteiger partial charge in [-0.2, -0.15) is 0 Å². The van der Waals surface area contributed by atoms with Gasteiger partial charge in [0.05, 0.1) is 0 Å². The molecule has 0 unspecified atom stereocenters. The van der Waals surface area contributed by atoms with Crippen molar-refractivity contribution >= 4 is 15.3 Å². The summed E-state index contributed by atoms with van der Waals surface area (Å²) in [7, 11) is 0. The van der Waals surface area contributed by atoms with Gasteiger partial charge in [0.2, 0.25) is 0 Å². The van der Waals surface area contributed by atoms with Crippen LogP contribution < -0.4 is 0 Å². The number of hydrogen-bond donors (Lipinski definition) is 0. The van der Waals surface area contributed by atoms with Crippen LogP contribution in [0.3, 0.4) is 0 Å². The predicted molar refractivity (Wildman–Crippen MR) is 52.8 cm³/mol. The van der Waals surface area contributed by atoms with E-state index in [0.717, 1.165) is 6.54 Å². The van der Waals surface area contributed by atoms with E-state index < -0.39 is 0 Å². The van der Waals surface area contributed by atoms with E-state index in [9.17, 15) is 0 Å². The van der Waals surface area contributed by atoms with E-state index in [1.54, 1.807) is 0 Å². The van der Waals surface area contributed by atoms with E-state index in [2.05, 4.69) is 46.4 Å². The Kier molecular flexibility index (Phi) is 2.46. The van der Waals surface area contributed by atoms with Crippen LogP contribution in [0.5, 0.6) is 0 Å². The fraction of sp³-hybridized carbons (Fsp3) is 0.182. The van der Waals surface area contributed by atoms with E-state index in [4.69, 9.17) is 0 Å². The van der Waals surface area contributed by atoms with Gasteiger partial charge in [0.15, 0.2) is 0 Å². The Balaban J connectivity index is 2.81. The van der Waals surface area contributed by atoms with Gasteiger partial charge in [-0.1, -0.05) is 0 Å². The first-order valence-corrected chi connectivity index (χ1v) is 6.09. The fourth-order valence-corrected chi connectivity index (χ4v) is 2.31. The average molecular weight is 341 g/mol. The first-order chi connectivity index (χ1) is 6.36. The molecule has 1 aromatic carbocycles. The van der Waals surface area contributed by atoms with Crippen LogP contribution in [-0.2, 0) is 25.9 Å². The van der Waals surface area contributed by atoms with Gasteiger partial charge in [0.25, 0.3) is 0 Å². The van der Waals surface area contributed by atoms with Gasteiger partial charge >= 0.3 is 88.7 Å². The number of rotatable bonds is 2. The summed E-state index contributed by atoms with van der Waals surface area (Å²) >= 11 is 1.51. The van der Waals surface area contributed by atoms with Crippen molar-refractivity contribution in [2.24, 2.45) is 0 Å². The standard InChI is InChI=1S/C11H11N.W/c1-3-12-8-9(2)10-6-4-5-7-11(10)12;/h2,4-8H,3H2,1H3;. The molecule has 0 aliphatic heterocycles. The van der Waals surface area contributed by atoms with Crippen molar-refractivity contribution in [3.63, 3.8) is 0 Å². The van der Waals surface area contributed by atoms with Crippen LogP contribution in [-0.4, -0.2) is 8.97 Å². The van der Waals surface area contributed by atoms with Crippen molar-refractivity contribution in [2.75, 3.05) is 0 Å². The quantitative estimate of drug-likeness (QED) is 0.791. The zero-order valence-corrected chi connectivity index (χ0v) is 10.5. The Hall–Kier alpha value is -0.682. The van der Waals surface area contributed by atoms with Gasteiger partial charge in [-0.15, -0.1) is 0 Å². The summed E-state index contributed by atoms with van der Waals surface area (Å²) in [6, 6.07) is 8.57. The molecule has 0 spiro atoms. The molecule has 0 bridgehead atoms. The Bertz CT molecular complexity index is 442. The van der Waals surface area contributed by atoms with Gasteiger partial charge in [-0.05, 0) is 0 Å².